The highest BCUT2D eigenvalue weighted by Crippen LogP contribution is 2.40. The fraction of sp³-hybridized carbons (Fsp3) is 0. The summed E-state index contributed by atoms with van der Waals surface area (Å²) in [5, 5.41) is 13.3. The van der Waals surface area contributed by atoms with Crippen molar-refractivity contribution in [3.63, 3.8) is 0 Å². The van der Waals surface area contributed by atoms with E-state index in [1.54, 1.807) is 0 Å². The lowest BCUT2D eigenvalue weighted by molar-refractivity contribution is 0.670. The van der Waals surface area contributed by atoms with E-state index in [-0.39, 0.29) is 0 Å². The Labute approximate surface area is 254 Å². The molecular formula is C42H27NO. The van der Waals surface area contributed by atoms with Gasteiger partial charge in [0.25, 0.3) is 0 Å². The Morgan fingerprint density at radius 2 is 0.932 bits per heavy atom. The Kier molecular flexibility index (Phi) is 5.54. The number of anilines is 2. The van der Waals surface area contributed by atoms with Crippen LogP contribution in [0, 0.1) is 0 Å². The number of benzene rings is 8. The van der Waals surface area contributed by atoms with Gasteiger partial charge in [0.2, 0.25) is 0 Å². The van der Waals surface area contributed by atoms with E-state index >= 15 is 0 Å². The van der Waals surface area contributed by atoms with Gasteiger partial charge < -0.3 is 9.73 Å². The largest absolute Gasteiger partial charge is 0.454 e. The van der Waals surface area contributed by atoms with Gasteiger partial charge in [0, 0.05) is 16.5 Å². The molecule has 0 radical (unpaired) electrons. The van der Waals surface area contributed by atoms with Crippen molar-refractivity contribution in [2.24, 2.45) is 0 Å². The Morgan fingerprint density at radius 1 is 0.386 bits per heavy atom. The highest BCUT2D eigenvalue weighted by Gasteiger charge is 2.15. The molecule has 0 spiro atoms. The summed E-state index contributed by atoms with van der Waals surface area (Å²) in [6.07, 6.45) is 0. The molecule has 0 saturated carbocycles. The monoisotopic (exact) mass is 561 g/mol. The second-order valence-electron chi connectivity index (χ2n) is 11.5. The van der Waals surface area contributed by atoms with Crippen molar-refractivity contribution in [1.82, 2.24) is 0 Å². The second kappa shape index (κ2) is 9.86. The number of hydrogen-bond donors (Lipinski definition) is 1. The molecule has 9 rings (SSSR count). The van der Waals surface area contributed by atoms with E-state index in [0.29, 0.717) is 0 Å². The summed E-state index contributed by atoms with van der Waals surface area (Å²) in [6, 6.07) is 56.3. The van der Waals surface area contributed by atoms with Crippen LogP contribution >= 0.6 is 0 Å². The van der Waals surface area contributed by atoms with Crippen molar-refractivity contribution < 1.29 is 4.42 Å². The van der Waals surface area contributed by atoms with Crippen molar-refractivity contribution in [2.45, 2.75) is 0 Å². The summed E-state index contributed by atoms with van der Waals surface area (Å²) in [6.45, 7) is 0. The quantitative estimate of drug-likeness (QED) is 0.231. The zero-order valence-corrected chi connectivity index (χ0v) is 23.9. The predicted molar refractivity (Wildman–Crippen MR) is 187 cm³/mol. The van der Waals surface area contributed by atoms with Gasteiger partial charge >= 0.3 is 0 Å². The average Bonchev–Trinajstić information content (AvgIpc) is 3.48. The lowest BCUT2D eigenvalue weighted by Crippen LogP contribution is -1.91. The molecule has 0 bridgehead atoms. The van der Waals surface area contributed by atoms with Gasteiger partial charge in [-0.3, -0.25) is 0 Å². The minimum atomic E-state index is 0.880. The highest BCUT2D eigenvalue weighted by atomic mass is 16.3. The predicted octanol–water partition coefficient (Wildman–Crippen LogP) is 12.1. The lowest BCUT2D eigenvalue weighted by atomic mass is 9.96. The maximum absolute atomic E-state index is 6.40. The van der Waals surface area contributed by atoms with Gasteiger partial charge in [-0.2, -0.15) is 0 Å². The van der Waals surface area contributed by atoms with E-state index < -0.39 is 0 Å². The van der Waals surface area contributed by atoms with Crippen molar-refractivity contribution in [3.8, 4) is 22.3 Å². The van der Waals surface area contributed by atoms with E-state index in [2.05, 4.69) is 151 Å². The zero-order chi connectivity index (χ0) is 29.0. The molecule has 1 aromatic heterocycles. The van der Waals surface area contributed by atoms with Crippen LogP contribution in [0.4, 0.5) is 11.4 Å². The third-order valence-corrected chi connectivity index (χ3v) is 8.79. The van der Waals surface area contributed by atoms with Crippen LogP contribution in [0.15, 0.2) is 162 Å². The molecule has 0 aliphatic carbocycles. The van der Waals surface area contributed by atoms with Gasteiger partial charge in [-0.15, -0.1) is 0 Å². The Bertz CT molecular complexity index is 2520. The van der Waals surface area contributed by atoms with Crippen molar-refractivity contribution in [2.75, 3.05) is 5.32 Å². The Hall–Kier alpha value is -5.86. The number of hydrogen-bond acceptors (Lipinski definition) is 2. The summed E-state index contributed by atoms with van der Waals surface area (Å²) in [7, 11) is 0. The maximum atomic E-state index is 6.40. The van der Waals surface area contributed by atoms with Crippen LogP contribution in [-0.2, 0) is 0 Å². The minimum Gasteiger partial charge on any atom is -0.454 e. The number of nitrogens with one attached hydrogen (secondary N) is 1. The van der Waals surface area contributed by atoms with Crippen molar-refractivity contribution in [3.05, 3.63) is 158 Å². The number of rotatable bonds is 4. The van der Waals surface area contributed by atoms with Gasteiger partial charge in [-0.1, -0.05) is 115 Å². The molecule has 2 nitrogen and oxygen atoms in total. The minimum absolute atomic E-state index is 0.880. The zero-order valence-electron chi connectivity index (χ0n) is 23.9. The summed E-state index contributed by atoms with van der Waals surface area (Å²) in [5.41, 5.74) is 8.61. The van der Waals surface area contributed by atoms with Gasteiger partial charge in [0.15, 0.2) is 5.58 Å². The average molecular weight is 562 g/mol. The standard InChI is InChI=1S/C42H27NO/c1-2-8-30-23-32(17-13-27(30)7-1)33-18-15-29-14-16-31(24-35(29)25-33)28-19-21-36(22-20-28)43-39-26-34-9-3-4-10-37(34)41-38-11-5-6-12-40(38)44-42(39)41/h1-26,43H. The van der Waals surface area contributed by atoms with E-state index in [1.807, 2.05) is 12.1 Å². The van der Waals surface area contributed by atoms with Crippen molar-refractivity contribution in [1.29, 1.82) is 0 Å². The molecule has 0 saturated heterocycles. The lowest BCUT2D eigenvalue weighted by Gasteiger charge is -2.11. The Morgan fingerprint density at radius 3 is 1.68 bits per heavy atom. The fourth-order valence-corrected chi connectivity index (χ4v) is 6.54. The molecule has 8 aromatic carbocycles. The first-order chi connectivity index (χ1) is 21.8. The molecule has 9 aromatic rings. The maximum Gasteiger partial charge on any atom is 0.159 e. The van der Waals surface area contributed by atoms with Gasteiger partial charge in [-0.25, -0.2) is 0 Å². The van der Waals surface area contributed by atoms with Crippen LogP contribution in [0.1, 0.15) is 0 Å². The normalized spacial score (nSPS) is 11.6. The molecule has 1 heterocycles. The molecule has 44 heavy (non-hydrogen) atoms. The van der Waals surface area contributed by atoms with Crippen LogP contribution in [0.5, 0.6) is 0 Å². The molecule has 206 valence electrons. The SMILES string of the molecule is c1ccc2cc(-c3ccc4ccc(-c5ccc(Nc6cc7ccccc7c7c6oc6ccccc67)cc5)cc4c3)ccc2c1. The van der Waals surface area contributed by atoms with Crippen LogP contribution in [-0.4, -0.2) is 0 Å². The van der Waals surface area contributed by atoms with Crippen LogP contribution in [0.3, 0.4) is 0 Å². The van der Waals surface area contributed by atoms with Gasteiger partial charge in [-0.05, 0) is 97.0 Å². The summed E-state index contributed by atoms with van der Waals surface area (Å²) in [4.78, 5) is 0. The van der Waals surface area contributed by atoms with Crippen LogP contribution in [0.25, 0.3) is 76.5 Å². The summed E-state index contributed by atoms with van der Waals surface area (Å²) in [5.74, 6) is 0. The van der Waals surface area contributed by atoms with E-state index in [0.717, 1.165) is 33.3 Å². The van der Waals surface area contributed by atoms with Crippen LogP contribution < -0.4 is 5.32 Å². The third kappa shape index (κ3) is 4.11. The number of para-hydroxylation sites is 1. The Balaban J connectivity index is 1.06. The topological polar surface area (TPSA) is 25.2 Å². The molecule has 2 heteroatoms. The summed E-state index contributed by atoms with van der Waals surface area (Å²) < 4.78 is 6.40. The first-order valence-corrected chi connectivity index (χ1v) is 15.0. The fourth-order valence-electron chi connectivity index (χ4n) is 6.54. The molecule has 0 atom stereocenters. The summed E-state index contributed by atoms with van der Waals surface area (Å²) >= 11 is 0. The first kappa shape index (κ1) is 24.7. The van der Waals surface area contributed by atoms with Crippen molar-refractivity contribution >= 4 is 65.6 Å². The molecule has 0 aliphatic rings. The number of fused-ring (bicyclic) bond motifs is 7. The first-order valence-electron chi connectivity index (χ1n) is 15.0. The third-order valence-electron chi connectivity index (χ3n) is 8.79. The van der Waals surface area contributed by atoms with E-state index in [1.165, 1.54) is 54.6 Å². The highest BCUT2D eigenvalue weighted by molar-refractivity contribution is 6.22. The van der Waals surface area contributed by atoms with Gasteiger partial charge in [0.05, 0.1) is 5.69 Å². The van der Waals surface area contributed by atoms with E-state index in [4.69, 9.17) is 4.42 Å². The molecule has 0 fully saturated rings. The molecule has 0 amide bonds. The smallest absolute Gasteiger partial charge is 0.159 e. The second-order valence-corrected chi connectivity index (χ2v) is 11.5. The van der Waals surface area contributed by atoms with Crippen LogP contribution in [0.2, 0.25) is 0 Å². The molecule has 0 aliphatic heterocycles. The van der Waals surface area contributed by atoms with Gasteiger partial charge in [0.1, 0.15) is 5.58 Å². The molecule has 0 unspecified atom stereocenters. The molecule has 1 N–H and O–H groups in total. The molecular weight excluding hydrogens is 534 g/mol. The van der Waals surface area contributed by atoms with E-state index in [9.17, 15) is 0 Å². The number of furan rings is 1.